The van der Waals surface area contributed by atoms with Crippen LogP contribution in [0.4, 0.5) is 0 Å². The number of nitrogens with zero attached hydrogens (tertiary/aromatic N) is 1. The van der Waals surface area contributed by atoms with Gasteiger partial charge in [0.05, 0.1) is 17.4 Å². The van der Waals surface area contributed by atoms with Crippen LogP contribution in [0, 0.1) is 12.3 Å². The fourth-order valence-corrected chi connectivity index (χ4v) is 3.90. The summed E-state index contributed by atoms with van der Waals surface area (Å²) in [7, 11) is 0. The van der Waals surface area contributed by atoms with Gasteiger partial charge in [0.15, 0.2) is 0 Å². The number of ether oxygens (including phenoxy) is 1. The van der Waals surface area contributed by atoms with E-state index in [9.17, 15) is 0 Å². The van der Waals surface area contributed by atoms with Gasteiger partial charge < -0.3 is 15.0 Å². The Kier molecular flexibility index (Phi) is 4.92. The van der Waals surface area contributed by atoms with Crippen molar-refractivity contribution in [3.63, 3.8) is 0 Å². The van der Waals surface area contributed by atoms with E-state index >= 15 is 0 Å². The number of nitrogens with one attached hydrogen (secondary N) is 2. The molecule has 2 N–H and O–H groups in total. The minimum absolute atomic E-state index is 0.520. The molecule has 1 fully saturated rings. The highest BCUT2D eigenvalue weighted by Crippen LogP contribution is 2.35. The quantitative estimate of drug-likeness (QED) is 0.609. The Labute approximate surface area is 161 Å². The van der Waals surface area contributed by atoms with E-state index in [0.717, 1.165) is 29.1 Å². The van der Waals surface area contributed by atoms with Crippen LogP contribution in [0.5, 0.6) is 11.5 Å². The lowest BCUT2D eigenvalue weighted by Crippen LogP contribution is -2.35. The van der Waals surface area contributed by atoms with Gasteiger partial charge >= 0.3 is 0 Å². The molecule has 0 bridgehead atoms. The number of aromatic nitrogens is 2. The van der Waals surface area contributed by atoms with Gasteiger partial charge in [-0.15, -0.1) is 0 Å². The van der Waals surface area contributed by atoms with Crippen LogP contribution in [-0.4, -0.2) is 16.0 Å². The van der Waals surface area contributed by atoms with Crippen LogP contribution < -0.4 is 10.1 Å². The average molecular weight is 364 g/mol. The van der Waals surface area contributed by atoms with E-state index in [-0.39, 0.29) is 0 Å². The fraction of sp³-hybridized carbons (Fsp3) is 0.435. The molecule has 1 saturated carbocycles. The summed E-state index contributed by atoms with van der Waals surface area (Å²) in [5, 5.41) is 3.75. The first-order valence-corrected chi connectivity index (χ1v) is 9.92. The number of rotatable bonds is 5. The molecule has 4 rings (SSSR count). The number of fused-ring (bicyclic) bond motifs is 1. The number of H-pyrrole nitrogens is 1. The van der Waals surface area contributed by atoms with Gasteiger partial charge in [-0.2, -0.15) is 0 Å². The Morgan fingerprint density at radius 1 is 1.11 bits per heavy atom. The van der Waals surface area contributed by atoms with Crippen molar-refractivity contribution < 1.29 is 4.74 Å². The van der Waals surface area contributed by atoms with Crippen molar-refractivity contribution in [1.82, 2.24) is 15.3 Å². The molecule has 27 heavy (non-hydrogen) atoms. The van der Waals surface area contributed by atoms with Crippen LogP contribution in [0.25, 0.3) is 11.0 Å². The summed E-state index contributed by atoms with van der Waals surface area (Å²) < 4.78 is 6.04. The molecule has 4 heteroatoms. The van der Waals surface area contributed by atoms with Gasteiger partial charge in [-0.1, -0.05) is 19.9 Å². The summed E-state index contributed by atoms with van der Waals surface area (Å²) in [6.45, 7) is 7.86. The van der Waals surface area contributed by atoms with Crippen molar-refractivity contribution in [2.24, 2.45) is 5.41 Å². The first kappa shape index (κ1) is 18.1. The highest BCUT2D eigenvalue weighted by Gasteiger charge is 2.26. The van der Waals surface area contributed by atoms with Crippen LogP contribution >= 0.6 is 0 Å². The fourth-order valence-electron chi connectivity index (χ4n) is 3.90. The van der Waals surface area contributed by atoms with Crippen LogP contribution in [0.1, 0.15) is 50.7 Å². The number of hydrogen-bond acceptors (Lipinski definition) is 3. The van der Waals surface area contributed by atoms with E-state index in [1.807, 2.05) is 18.2 Å². The van der Waals surface area contributed by atoms with Crippen molar-refractivity contribution in [1.29, 1.82) is 0 Å². The lowest BCUT2D eigenvalue weighted by molar-refractivity contribution is 0.206. The first-order chi connectivity index (χ1) is 13.0. The Morgan fingerprint density at radius 2 is 1.85 bits per heavy atom. The third-order valence-electron chi connectivity index (χ3n) is 5.86. The van der Waals surface area contributed by atoms with E-state index in [1.54, 1.807) is 6.33 Å². The zero-order chi connectivity index (χ0) is 18.9. The number of aromatic amines is 1. The molecule has 0 unspecified atom stereocenters. The molecular weight excluding hydrogens is 334 g/mol. The second-order valence-electron chi connectivity index (χ2n) is 8.59. The molecule has 0 radical (unpaired) electrons. The Hall–Kier alpha value is -2.33. The molecule has 0 atom stereocenters. The van der Waals surface area contributed by atoms with E-state index in [0.29, 0.717) is 11.5 Å². The normalized spacial score (nSPS) is 17.3. The average Bonchev–Trinajstić information content (AvgIpc) is 3.10. The number of hydrogen-bond donors (Lipinski definition) is 2. The SMILES string of the molecule is Cc1cc(Oc2ccc3nc[nH]c3c2)ccc1CNC1CCC(C)(C)CC1. The smallest absolute Gasteiger partial charge is 0.129 e. The molecule has 2 aromatic carbocycles. The lowest BCUT2D eigenvalue weighted by atomic mass is 9.75. The van der Waals surface area contributed by atoms with Crippen molar-refractivity contribution >= 4 is 11.0 Å². The van der Waals surface area contributed by atoms with Gasteiger partial charge in [0, 0.05) is 18.7 Å². The molecule has 0 saturated heterocycles. The van der Waals surface area contributed by atoms with Gasteiger partial charge in [-0.05, 0) is 73.4 Å². The Morgan fingerprint density at radius 3 is 2.63 bits per heavy atom. The maximum atomic E-state index is 6.04. The van der Waals surface area contributed by atoms with Crippen molar-refractivity contribution in [2.75, 3.05) is 0 Å². The predicted molar refractivity (Wildman–Crippen MR) is 110 cm³/mol. The highest BCUT2D eigenvalue weighted by molar-refractivity contribution is 5.76. The van der Waals surface area contributed by atoms with Crippen LogP contribution in [0.15, 0.2) is 42.7 Å². The van der Waals surface area contributed by atoms with Crippen molar-refractivity contribution in [2.45, 2.75) is 59.0 Å². The van der Waals surface area contributed by atoms with Crippen LogP contribution in [0.2, 0.25) is 0 Å². The molecule has 142 valence electrons. The monoisotopic (exact) mass is 363 g/mol. The highest BCUT2D eigenvalue weighted by atomic mass is 16.5. The van der Waals surface area contributed by atoms with Crippen LogP contribution in [0.3, 0.4) is 0 Å². The van der Waals surface area contributed by atoms with E-state index in [4.69, 9.17) is 4.74 Å². The van der Waals surface area contributed by atoms with Gasteiger partial charge in [0.1, 0.15) is 11.5 Å². The molecule has 1 aliphatic rings. The van der Waals surface area contributed by atoms with Gasteiger partial charge in [0.2, 0.25) is 0 Å². The number of benzene rings is 2. The standard InChI is InChI=1S/C23H29N3O/c1-16-12-19(27-20-6-7-21-22(13-20)26-15-25-21)5-4-17(16)14-24-18-8-10-23(2,3)11-9-18/h4-7,12-13,15,18,24H,8-11,14H2,1-3H3,(H,25,26). The summed E-state index contributed by atoms with van der Waals surface area (Å²) in [6.07, 6.45) is 6.90. The Bertz CT molecular complexity index is 918. The Balaban J connectivity index is 1.37. The van der Waals surface area contributed by atoms with E-state index < -0.39 is 0 Å². The molecule has 3 aromatic rings. The molecule has 1 aromatic heterocycles. The zero-order valence-electron chi connectivity index (χ0n) is 16.5. The summed E-state index contributed by atoms with van der Waals surface area (Å²) in [5.74, 6) is 1.69. The zero-order valence-corrected chi connectivity index (χ0v) is 16.5. The van der Waals surface area contributed by atoms with Gasteiger partial charge in [0.25, 0.3) is 0 Å². The van der Waals surface area contributed by atoms with Crippen molar-refractivity contribution in [3.05, 3.63) is 53.9 Å². The maximum absolute atomic E-state index is 6.04. The number of aryl methyl sites for hydroxylation is 1. The first-order valence-electron chi connectivity index (χ1n) is 9.92. The number of imidazole rings is 1. The molecule has 4 nitrogen and oxygen atoms in total. The summed E-state index contributed by atoms with van der Waals surface area (Å²) in [6, 6.07) is 12.9. The van der Waals surface area contributed by atoms with Gasteiger partial charge in [-0.3, -0.25) is 0 Å². The second kappa shape index (κ2) is 7.35. The molecule has 0 amide bonds. The van der Waals surface area contributed by atoms with Crippen LogP contribution in [-0.2, 0) is 6.54 Å². The van der Waals surface area contributed by atoms with Crippen molar-refractivity contribution in [3.8, 4) is 11.5 Å². The molecule has 0 aliphatic heterocycles. The van der Waals surface area contributed by atoms with Gasteiger partial charge in [-0.25, -0.2) is 4.98 Å². The molecule has 0 spiro atoms. The summed E-state index contributed by atoms with van der Waals surface area (Å²) in [4.78, 5) is 7.36. The third kappa shape index (κ3) is 4.33. The predicted octanol–water partition coefficient (Wildman–Crippen LogP) is 5.72. The lowest BCUT2D eigenvalue weighted by Gasteiger charge is -2.34. The molecule has 1 aliphatic carbocycles. The largest absolute Gasteiger partial charge is 0.457 e. The van der Waals surface area contributed by atoms with E-state index in [2.05, 4.69) is 54.3 Å². The minimum Gasteiger partial charge on any atom is -0.457 e. The second-order valence-corrected chi connectivity index (χ2v) is 8.59. The summed E-state index contributed by atoms with van der Waals surface area (Å²) in [5.41, 5.74) is 5.06. The maximum Gasteiger partial charge on any atom is 0.129 e. The topological polar surface area (TPSA) is 49.9 Å². The minimum atomic E-state index is 0.520. The van der Waals surface area contributed by atoms with E-state index in [1.165, 1.54) is 36.8 Å². The molecule has 1 heterocycles. The molecular formula is C23H29N3O. The third-order valence-corrected chi connectivity index (χ3v) is 5.86. The summed E-state index contributed by atoms with van der Waals surface area (Å²) >= 11 is 0.